The Morgan fingerprint density at radius 1 is 0.739 bits per heavy atom. The van der Waals surface area contributed by atoms with Gasteiger partial charge in [-0.1, -0.05) is 52.9 Å². The molecule has 0 aromatic rings. The van der Waals surface area contributed by atoms with E-state index in [0.717, 1.165) is 29.6 Å². The Morgan fingerprint density at radius 3 is 1.52 bits per heavy atom. The van der Waals surface area contributed by atoms with Crippen LogP contribution in [0.25, 0.3) is 0 Å². The quantitative estimate of drug-likeness (QED) is 0.685. The van der Waals surface area contributed by atoms with Crippen molar-refractivity contribution in [2.75, 3.05) is 0 Å². The molecule has 2 aliphatic rings. The lowest BCUT2D eigenvalue weighted by atomic mass is 9.59. The van der Waals surface area contributed by atoms with E-state index in [1.165, 1.54) is 70.6 Å². The van der Waals surface area contributed by atoms with Crippen molar-refractivity contribution >= 4 is 0 Å². The maximum Gasteiger partial charge on any atom is 0.00416 e. The molecule has 0 radical (unpaired) electrons. The van der Waals surface area contributed by atoms with E-state index in [9.17, 15) is 0 Å². The van der Waals surface area contributed by atoms with Crippen molar-refractivity contribution in [3.63, 3.8) is 0 Å². The van der Waals surface area contributed by atoms with E-state index in [4.69, 9.17) is 11.5 Å². The third-order valence-electron chi connectivity index (χ3n) is 7.05. The van der Waals surface area contributed by atoms with Crippen LogP contribution >= 0.6 is 0 Å². The molecule has 2 aliphatic carbocycles. The Hall–Kier alpha value is -0.0800. The summed E-state index contributed by atoms with van der Waals surface area (Å²) in [6.45, 7) is 7.13. The van der Waals surface area contributed by atoms with Crippen LogP contribution < -0.4 is 11.5 Å². The van der Waals surface area contributed by atoms with E-state index in [1.54, 1.807) is 0 Å². The monoisotopic (exact) mass is 322 g/mol. The van der Waals surface area contributed by atoms with Crippen molar-refractivity contribution in [2.24, 2.45) is 41.1 Å². The van der Waals surface area contributed by atoms with Crippen LogP contribution in [0.5, 0.6) is 0 Å². The van der Waals surface area contributed by atoms with E-state index in [2.05, 4.69) is 20.8 Å². The van der Waals surface area contributed by atoms with E-state index < -0.39 is 0 Å². The summed E-state index contributed by atoms with van der Waals surface area (Å²) in [6.07, 6.45) is 14.6. The average Bonchev–Trinajstić information content (AvgIpc) is 2.52. The molecule has 4 N–H and O–H groups in total. The van der Waals surface area contributed by atoms with Crippen LogP contribution in [0, 0.1) is 29.6 Å². The highest BCUT2D eigenvalue weighted by Gasteiger charge is 2.40. The predicted octanol–water partition coefficient (Wildman–Crippen LogP) is 5.10. The normalized spacial score (nSPS) is 40.0. The van der Waals surface area contributed by atoms with Crippen molar-refractivity contribution in [1.82, 2.24) is 0 Å². The van der Waals surface area contributed by atoms with Crippen LogP contribution in [0.1, 0.15) is 91.4 Å². The molecule has 0 amide bonds. The fraction of sp³-hybridized carbons (Fsp3) is 1.00. The maximum atomic E-state index is 6.31. The summed E-state index contributed by atoms with van der Waals surface area (Å²) in [6, 6.07) is 0.929. The highest BCUT2D eigenvalue weighted by Crippen LogP contribution is 2.47. The van der Waals surface area contributed by atoms with Gasteiger partial charge in [-0.3, -0.25) is 0 Å². The first-order chi connectivity index (χ1) is 11.1. The molecule has 0 spiro atoms. The minimum atomic E-state index is 0.464. The summed E-state index contributed by atoms with van der Waals surface area (Å²) >= 11 is 0. The summed E-state index contributed by atoms with van der Waals surface area (Å²) in [5.74, 6) is 4.54. The van der Waals surface area contributed by atoms with Gasteiger partial charge in [0.25, 0.3) is 0 Å². The molecule has 2 rings (SSSR count). The lowest BCUT2D eigenvalue weighted by molar-refractivity contribution is 0.0424. The zero-order chi connectivity index (χ0) is 16.8. The molecule has 0 aliphatic heterocycles. The highest BCUT2D eigenvalue weighted by atomic mass is 14.7. The number of hydrogen-bond donors (Lipinski definition) is 2. The van der Waals surface area contributed by atoms with Gasteiger partial charge in [0.2, 0.25) is 0 Å². The van der Waals surface area contributed by atoms with E-state index in [-0.39, 0.29) is 0 Å². The second-order valence-corrected chi connectivity index (χ2v) is 8.64. The Kier molecular flexibility index (Phi) is 7.88. The molecule has 0 bridgehead atoms. The van der Waals surface area contributed by atoms with Gasteiger partial charge in [-0.25, -0.2) is 0 Å². The fourth-order valence-corrected chi connectivity index (χ4v) is 6.10. The maximum absolute atomic E-state index is 6.31. The molecule has 136 valence electrons. The highest BCUT2D eigenvalue weighted by molar-refractivity contribution is 4.92. The van der Waals surface area contributed by atoms with Gasteiger partial charge in [0.05, 0.1) is 0 Å². The number of hydrogen-bond acceptors (Lipinski definition) is 2. The first-order valence-electron chi connectivity index (χ1n) is 10.6. The SMILES string of the molecule is CCCC1CC(N)CCC1C(CC)C1CCC(N)CC1CCC. The minimum absolute atomic E-state index is 0.464. The van der Waals surface area contributed by atoms with Gasteiger partial charge < -0.3 is 11.5 Å². The van der Waals surface area contributed by atoms with Crippen LogP contribution in [0.4, 0.5) is 0 Å². The van der Waals surface area contributed by atoms with Crippen molar-refractivity contribution < 1.29 is 0 Å². The molecule has 6 atom stereocenters. The summed E-state index contributed by atoms with van der Waals surface area (Å²) < 4.78 is 0. The Labute approximate surface area is 145 Å². The minimum Gasteiger partial charge on any atom is -0.328 e. The zero-order valence-corrected chi connectivity index (χ0v) is 16.0. The number of nitrogens with two attached hydrogens (primary N) is 2. The Morgan fingerprint density at radius 2 is 1.17 bits per heavy atom. The molecule has 2 fully saturated rings. The van der Waals surface area contributed by atoms with Crippen LogP contribution in [0.15, 0.2) is 0 Å². The van der Waals surface area contributed by atoms with Crippen LogP contribution in [0.3, 0.4) is 0 Å². The molecule has 0 aromatic carbocycles. The van der Waals surface area contributed by atoms with Crippen LogP contribution in [-0.2, 0) is 0 Å². The molecular weight excluding hydrogens is 280 g/mol. The largest absolute Gasteiger partial charge is 0.328 e. The first-order valence-corrected chi connectivity index (χ1v) is 10.6. The van der Waals surface area contributed by atoms with Gasteiger partial charge >= 0.3 is 0 Å². The Bertz CT molecular complexity index is 300. The smallest absolute Gasteiger partial charge is 0.00416 e. The van der Waals surface area contributed by atoms with Crippen molar-refractivity contribution in [3.8, 4) is 0 Å². The molecular formula is C21H42N2. The van der Waals surface area contributed by atoms with Crippen LogP contribution in [0.2, 0.25) is 0 Å². The van der Waals surface area contributed by atoms with E-state index in [1.807, 2.05) is 0 Å². The Balaban J connectivity index is 2.11. The summed E-state index contributed by atoms with van der Waals surface area (Å²) in [7, 11) is 0. The zero-order valence-electron chi connectivity index (χ0n) is 16.0. The molecule has 2 heteroatoms. The second kappa shape index (κ2) is 9.42. The molecule has 2 saturated carbocycles. The molecule has 0 heterocycles. The summed E-state index contributed by atoms with van der Waals surface area (Å²) in [5.41, 5.74) is 12.6. The van der Waals surface area contributed by atoms with Gasteiger partial charge in [-0.2, -0.15) is 0 Å². The third kappa shape index (κ3) is 4.95. The number of rotatable bonds is 7. The molecule has 6 unspecified atom stereocenters. The van der Waals surface area contributed by atoms with Gasteiger partial charge in [0.1, 0.15) is 0 Å². The van der Waals surface area contributed by atoms with Gasteiger partial charge in [0.15, 0.2) is 0 Å². The molecule has 0 aromatic heterocycles. The van der Waals surface area contributed by atoms with Crippen molar-refractivity contribution in [2.45, 2.75) is 103 Å². The van der Waals surface area contributed by atoms with Crippen molar-refractivity contribution in [1.29, 1.82) is 0 Å². The standard InChI is InChI=1S/C21H42N2/c1-4-7-15-13-17(22)9-11-20(15)19(6-3)21-12-10-18(23)14-16(21)8-5-2/h15-21H,4-14,22-23H2,1-3H3. The van der Waals surface area contributed by atoms with Gasteiger partial charge in [-0.05, 0) is 68.1 Å². The summed E-state index contributed by atoms with van der Waals surface area (Å²) in [4.78, 5) is 0. The van der Waals surface area contributed by atoms with Gasteiger partial charge in [0, 0.05) is 12.1 Å². The third-order valence-corrected chi connectivity index (χ3v) is 7.05. The topological polar surface area (TPSA) is 52.0 Å². The molecule has 23 heavy (non-hydrogen) atoms. The van der Waals surface area contributed by atoms with Gasteiger partial charge in [-0.15, -0.1) is 0 Å². The lowest BCUT2D eigenvalue weighted by Gasteiger charge is -2.47. The molecule has 2 nitrogen and oxygen atoms in total. The van der Waals surface area contributed by atoms with Crippen LogP contribution in [-0.4, -0.2) is 12.1 Å². The fourth-order valence-electron chi connectivity index (χ4n) is 6.10. The summed E-state index contributed by atoms with van der Waals surface area (Å²) in [5, 5.41) is 0. The predicted molar refractivity (Wildman–Crippen MR) is 101 cm³/mol. The van der Waals surface area contributed by atoms with E-state index >= 15 is 0 Å². The molecule has 0 saturated heterocycles. The lowest BCUT2D eigenvalue weighted by Crippen LogP contribution is -2.43. The first kappa shape index (κ1) is 19.2. The van der Waals surface area contributed by atoms with E-state index in [0.29, 0.717) is 12.1 Å². The second-order valence-electron chi connectivity index (χ2n) is 8.64. The van der Waals surface area contributed by atoms with Crippen molar-refractivity contribution in [3.05, 3.63) is 0 Å². The average molecular weight is 323 g/mol.